The van der Waals surface area contributed by atoms with Crippen molar-refractivity contribution in [1.82, 2.24) is 0 Å². The topological polar surface area (TPSA) is 20.2 Å². The lowest BCUT2D eigenvalue weighted by atomic mass is 9.76. The van der Waals surface area contributed by atoms with E-state index in [1.165, 1.54) is 31.2 Å². The highest BCUT2D eigenvalue weighted by Crippen LogP contribution is 2.45. The summed E-state index contributed by atoms with van der Waals surface area (Å²) in [6, 6.07) is 10.6. The molecule has 0 amide bonds. The fourth-order valence-electron chi connectivity index (χ4n) is 3.45. The Morgan fingerprint density at radius 2 is 1.83 bits per heavy atom. The highest BCUT2D eigenvalue weighted by molar-refractivity contribution is 5.14. The van der Waals surface area contributed by atoms with Gasteiger partial charge in [0.05, 0.1) is 6.10 Å². The van der Waals surface area contributed by atoms with Crippen LogP contribution in [-0.2, 0) is 6.42 Å². The summed E-state index contributed by atoms with van der Waals surface area (Å²) in [4.78, 5) is 0. The van der Waals surface area contributed by atoms with E-state index in [2.05, 4.69) is 37.3 Å². The number of hydrogen-bond donors (Lipinski definition) is 1. The summed E-state index contributed by atoms with van der Waals surface area (Å²) in [5.74, 6) is 0. The molecule has 18 heavy (non-hydrogen) atoms. The van der Waals surface area contributed by atoms with Crippen molar-refractivity contribution in [2.24, 2.45) is 5.41 Å². The minimum absolute atomic E-state index is 0.0892. The van der Waals surface area contributed by atoms with Crippen molar-refractivity contribution in [3.8, 4) is 0 Å². The summed E-state index contributed by atoms with van der Waals surface area (Å²) in [6.07, 6.45) is 9.29. The van der Waals surface area contributed by atoms with E-state index in [1.54, 1.807) is 0 Å². The Morgan fingerprint density at radius 3 is 2.44 bits per heavy atom. The second kappa shape index (κ2) is 6.38. The molecule has 0 radical (unpaired) electrons. The van der Waals surface area contributed by atoms with Crippen LogP contribution in [0.4, 0.5) is 0 Å². The lowest BCUT2D eigenvalue weighted by Crippen LogP contribution is -2.32. The van der Waals surface area contributed by atoms with Crippen molar-refractivity contribution in [3.05, 3.63) is 35.9 Å². The van der Waals surface area contributed by atoms with E-state index in [0.29, 0.717) is 0 Å². The molecule has 1 aromatic rings. The van der Waals surface area contributed by atoms with Crippen molar-refractivity contribution in [3.63, 3.8) is 0 Å². The van der Waals surface area contributed by atoms with Crippen LogP contribution >= 0.6 is 0 Å². The molecule has 0 saturated heterocycles. The van der Waals surface area contributed by atoms with Crippen LogP contribution in [0.5, 0.6) is 0 Å². The molecule has 0 aliphatic heterocycles. The number of rotatable bonds is 6. The van der Waals surface area contributed by atoms with E-state index in [9.17, 15) is 5.11 Å². The van der Waals surface area contributed by atoms with Crippen LogP contribution in [0, 0.1) is 5.41 Å². The van der Waals surface area contributed by atoms with Gasteiger partial charge in [0.2, 0.25) is 0 Å². The molecule has 0 spiro atoms. The van der Waals surface area contributed by atoms with Gasteiger partial charge >= 0.3 is 0 Å². The van der Waals surface area contributed by atoms with Crippen molar-refractivity contribution in [2.45, 2.75) is 64.4 Å². The molecule has 1 heteroatoms. The lowest BCUT2D eigenvalue weighted by Gasteiger charge is -2.33. The molecule has 1 aromatic carbocycles. The summed E-state index contributed by atoms with van der Waals surface area (Å²) in [5, 5.41) is 10.5. The maximum atomic E-state index is 10.5. The average molecular weight is 246 g/mol. The Hall–Kier alpha value is -0.820. The first-order valence-electron chi connectivity index (χ1n) is 7.49. The molecule has 1 nitrogen and oxygen atoms in total. The van der Waals surface area contributed by atoms with Gasteiger partial charge in [-0.05, 0) is 49.5 Å². The van der Waals surface area contributed by atoms with E-state index < -0.39 is 0 Å². The van der Waals surface area contributed by atoms with Crippen LogP contribution in [0.2, 0.25) is 0 Å². The molecule has 1 N–H and O–H groups in total. The standard InChI is InChI=1S/C17H26O/c1-2-17(13-6-7-14-17)16(18)12-8-11-15-9-4-3-5-10-15/h3-5,9-10,16,18H,2,6-8,11-14H2,1H3. The highest BCUT2D eigenvalue weighted by Gasteiger charge is 2.38. The van der Waals surface area contributed by atoms with Gasteiger partial charge in [-0.3, -0.25) is 0 Å². The number of aliphatic hydroxyl groups is 1. The van der Waals surface area contributed by atoms with Gasteiger partial charge in [0, 0.05) is 0 Å². The maximum Gasteiger partial charge on any atom is 0.0596 e. The minimum atomic E-state index is -0.0892. The van der Waals surface area contributed by atoms with E-state index >= 15 is 0 Å². The molecule has 1 unspecified atom stereocenters. The third-order valence-corrected chi connectivity index (χ3v) is 4.80. The quantitative estimate of drug-likeness (QED) is 0.791. The largest absolute Gasteiger partial charge is 0.393 e. The van der Waals surface area contributed by atoms with Gasteiger partial charge < -0.3 is 5.11 Å². The average Bonchev–Trinajstić information content (AvgIpc) is 2.90. The first-order chi connectivity index (χ1) is 8.77. The van der Waals surface area contributed by atoms with E-state index in [1.807, 2.05) is 0 Å². The smallest absolute Gasteiger partial charge is 0.0596 e. The van der Waals surface area contributed by atoms with Crippen LogP contribution < -0.4 is 0 Å². The van der Waals surface area contributed by atoms with E-state index in [-0.39, 0.29) is 11.5 Å². The van der Waals surface area contributed by atoms with Gasteiger partial charge in [-0.15, -0.1) is 0 Å². The fraction of sp³-hybridized carbons (Fsp3) is 0.647. The van der Waals surface area contributed by atoms with Gasteiger partial charge in [0.15, 0.2) is 0 Å². The van der Waals surface area contributed by atoms with Crippen LogP contribution in [-0.4, -0.2) is 11.2 Å². The van der Waals surface area contributed by atoms with Crippen LogP contribution in [0.1, 0.15) is 57.4 Å². The zero-order chi connectivity index (χ0) is 12.8. The molecule has 2 rings (SSSR count). The van der Waals surface area contributed by atoms with E-state index in [4.69, 9.17) is 0 Å². The maximum absolute atomic E-state index is 10.5. The molecule has 0 aromatic heterocycles. The molecule has 100 valence electrons. The van der Waals surface area contributed by atoms with Crippen LogP contribution in [0.3, 0.4) is 0 Å². The Kier molecular flexibility index (Phi) is 4.82. The Morgan fingerprint density at radius 1 is 1.17 bits per heavy atom. The summed E-state index contributed by atoms with van der Waals surface area (Å²) >= 11 is 0. The Bertz CT molecular complexity index is 338. The SMILES string of the molecule is CCC1(C(O)CCCc2ccccc2)CCCC1. The minimum Gasteiger partial charge on any atom is -0.393 e. The summed E-state index contributed by atoms with van der Waals surface area (Å²) < 4.78 is 0. The van der Waals surface area contributed by atoms with Gasteiger partial charge in [0.1, 0.15) is 0 Å². The summed E-state index contributed by atoms with van der Waals surface area (Å²) in [7, 11) is 0. The molecule has 1 atom stereocenters. The number of hydrogen-bond acceptors (Lipinski definition) is 1. The Labute approximate surface area is 111 Å². The fourth-order valence-corrected chi connectivity index (χ4v) is 3.45. The van der Waals surface area contributed by atoms with Crippen molar-refractivity contribution >= 4 is 0 Å². The van der Waals surface area contributed by atoms with Crippen molar-refractivity contribution in [2.75, 3.05) is 0 Å². The molecule has 0 bridgehead atoms. The zero-order valence-electron chi connectivity index (χ0n) is 11.6. The monoisotopic (exact) mass is 246 g/mol. The predicted molar refractivity (Wildman–Crippen MR) is 76.6 cm³/mol. The molecular formula is C17H26O. The number of aryl methyl sites for hydroxylation is 1. The summed E-state index contributed by atoms with van der Waals surface area (Å²) in [5.41, 5.74) is 1.64. The second-order valence-electron chi connectivity index (χ2n) is 5.82. The van der Waals surface area contributed by atoms with E-state index in [0.717, 1.165) is 25.7 Å². The van der Waals surface area contributed by atoms with Crippen molar-refractivity contribution in [1.29, 1.82) is 0 Å². The molecular weight excluding hydrogens is 220 g/mol. The van der Waals surface area contributed by atoms with Crippen LogP contribution in [0.15, 0.2) is 30.3 Å². The predicted octanol–water partition coefficient (Wildman–Crippen LogP) is 4.34. The Balaban J connectivity index is 1.79. The molecule has 1 saturated carbocycles. The van der Waals surface area contributed by atoms with Crippen molar-refractivity contribution < 1.29 is 5.11 Å². The second-order valence-corrected chi connectivity index (χ2v) is 5.82. The first kappa shape index (κ1) is 13.6. The first-order valence-corrected chi connectivity index (χ1v) is 7.49. The van der Waals surface area contributed by atoms with Gasteiger partial charge in [-0.1, -0.05) is 50.1 Å². The highest BCUT2D eigenvalue weighted by atomic mass is 16.3. The number of aliphatic hydroxyl groups excluding tert-OH is 1. The third kappa shape index (κ3) is 3.14. The molecule has 1 aliphatic carbocycles. The normalized spacial score (nSPS) is 19.9. The lowest BCUT2D eigenvalue weighted by molar-refractivity contribution is 0.0176. The van der Waals surface area contributed by atoms with Crippen LogP contribution in [0.25, 0.3) is 0 Å². The summed E-state index contributed by atoms with van der Waals surface area (Å²) in [6.45, 7) is 2.24. The number of benzene rings is 1. The van der Waals surface area contributed by atoms with Gasteiger partial charge in [-0.2, -0.15) is 0 Å². The zero-order valence-corrected chi connectivity index (χ0v) is 11.6. The molecule has 0 heterocycles. The molecule has 1 aliphatic rings. The van der Waals surface area contributed by atoms with Gasteiger partial charge in [-0.25, -0.2) is 0 Å². The van der Waals surface area contributed by atoms with Gasteiger partial charge in [0.25, 0.3) is 0 Å². The third-order valence-electron chi connectivity index (χ3n) is 4.80. The molecule has 1 fully saturated rings.